The predicted octanol–water partition coefficient (Wildman–Crippen LogP) is 3.65. The average Bonchev–Trinajstić information content (AvgIpc) is 2.72. The molecule has 0 amide bonds. The van der Waals surface area contributed by atoms with Gasteiger partial charge in [-0.05, 0) is 62.8 Å². The topological polar surface area (TPSA) is 39.6 Å². The van der Waals surface area contributed by atoms with E-state index in [1.54, 1.807) is 6.20 Å². The molecular weight excluding hydrogens is 334 g/mol. The number of aliphatic hydroxyl groups is 1. The summed E-state index contributed by atoms with van der Waals surface area (Å²) in [6.45, 7) is 8.62. The van der Waals surface area contributed by atoms with Gasteiger partial charge in [0.05, 0.1) is 5.60 Å². The van der Waals surface area contributed by atoms with Gasteiger partial charge in [-0.25, -0.2) is 0 Å². The maximum absolute atomic E-state index is 11.0. The molecule has 27 heavy (non-hydrogen) atoms. The van der Waals surface area contributed by atoms with Crippen molar-refractivity contribution < 1.29 is 5.11 Å². The summed E-state index contributed by atoms with van der Waals surface area (Å²) in [6.07, 6.45) is 7.60. The fourth-order valence-electron chi connectivity index (χ4n) is 4.74. The van der Waals surface area contributed by atoms with Gasteiger partial charge in [-0.3, -0.25) is 4.98 Å². The summed E-state index contributed by atoms with van der Waals surface area (Å²) >= 11 is 0. The van der Waals surface area contributed by atoms with Gasteiger partial charge in [0, 0.05) is 55.9 Å². The molecule has 2 saturated heterocycles. The Labute approximate surface area is 162 Å². The second kappa shape index (κ2) is 7.61. The van der Waals surface area contributed by atoms with E-state index in [2.05, 4.69) is 46.8 Å². The molecule has 4 nitrogen and oxygen atoms in total. The first kappa shape index (κ1) is 18.5. The monoisotopic (exact) mass is 365 g/mol. The molecule has 1 N–H and O–H groups in total. The number of hydrogen-bond acceptors (Lipinski definition) is 4. The van der Waals surface area contributed by atoms with Gasteiger partial charge < -0.3 is 14.9 Å². The zero-order valence-corrected chi connectivity index (χ0v) is 16.6. The number of aromatic nitrogens is 1. The lowest BCUT2D eigenvalue weighted by atomic mass is 9.84. The summed E-state index contributed by atoms with van der Waals surface area (Å²) in [4.78, 5) is 9.34. The molecule has 2 fully saturated rings. The van der Waals surface area contributed by atoms with E-state index in [1.807, 2.05) is 18.3 Å². The third-order valence-corrected chi connectivity index (χ3v) is 6.72. The maximum atomic E-state index is 11.0. The van der Waals surface area contributed by atoms with Crippen LogP contribution in [0.25, 0.3) is 0 Å². The Morgan fingerprint density at radius 3 is 2.41 bits per heavy atom. The first-order valence-electron chi connectivity index (χ1n) is 10.2. The van der Waals surface area contributed by atoms with Gasteiger partial charge in [0.2, 0.25) is 0 Å². The van der Waals surface area contributed by atoms with E-state index in [4.69, 9.17) is 0 Å². The number of aryl methyl sites for hydroxylation is 1. The van der Waals surface area contributed by atoms with Crippen molar-refractivity contribution in [2.75, 3.05) is 31.1 Å². The summed E-state index contributed by atoms with van der Waals surface area (Å²) in [5.41, 5.74) is 4.45. The molecule has 2 aromatic rings. The standard InChI is InChI=1S/C23H31N3O/c1-18-5-3-7-22(19(18)2)26-13-8-21(9-14-26)25-15-10-23(27,11-16-25)20-6-4-12-24-17-20/h3-7,12,17,21,27H,8-11,13-16H2,1-2H3. The van der Waals surface area contributed by atoms with E-state index in [-0.39, 0.29) is 0 Å². The van der Waals surface area contributed by atoms with E-state index < -0.39 is 5.60 Å². The molecule has 0 bridgehead atoms. The molecule has 144 valence electrons. The Bertz CT molecular complexity index is 760. The fraction of sp³-hybridized carbons (Fsp3) is 0.522. The van der Waals surface area contributed by atoms with Crippen LogP contribution in [0, 0.1) is 13.8 Å². The lowest BCUT2D eigenvalue weighted by molar-refractivity contribution is -0.0381. The van der Waals surface area contributed by atoms with Crippen LogP contribution in [0.4, 0.5) is 5.69 Å². The highest BCUT2D eigenvalue weighted by Crippen LogP contribution is 2.35. The van der Waals surface area contributed by atoms with Crippen LogP contribution in [-0.2, 0) is 5.60 Å². The molecule has 0 aliphatic carbocycles. The zero-order valence-electron chi connectivity index (χ0n) is 16.6. The van der Waals surface area contributed by atoms with Crippen molar-refractivity contribution in [2.24, 2.45) is 0 Å². The van der Waals surface area contributed by atoms with Crippen LogP contribution in [-0.4, -0.2) is 47.2 Å². The molecule has 1 aromatic carbocycles. The number of rotatable bonds is 3. The van der Waals surface area contributed by atoms with Gasteiger partial charge in [-0.1, -0.05) is 18.2 Å². The van der Waals surface area contributed by atoms with Crippen LogP contribution in [0.3, 0.4) is 0 Å². The van der Waals surface area contributed by atoms with Crippen molar-refractivity contribution in [3.8, 4) is 0 Å². The predicted molar refractivity (Wildman–Crippen MR) is 110 cm³/mol. The SMILES string of the molecule is Cc1cccc(N2CCC(N3CCC(O)(c4cccnc4)CC3)CC2)c1C. The van der Waals surface area contributed by atoms with Gasteiger partial charge in [0.25, 0.3) is 0 Å². The third-order valence-electron chi connectivity index (χ3n) is 6.72. The van der Waals surface area contributed by atoms with E-state index in [0.29, 0.717) is 6.04 Å². The normalized spacial score (nSPS) is 21.4. The molecule has 0 radical (unpaired) electrons. The molecule has 4 rings (SSSR count). The zero-order chi connectivity index (χ0) is 18.9. The third kappa shape index (κ3) is 3.74. The van der Waals surface area contributed by atoms with Crippen molar-refractivity contribution in [3.63, 3.8) is 0 Å². The molecule has 2 aliphatic heterocycles. The summed E-state index contributed by atoms with van der Waals surface area (Å²) in [5.74, 6) is 0. The van der Waals surface area contributed by atoms with Gasteiger partial charge in [-0.15, -0.1) is 0 Å². The van der Waals surface area contributed by atoms with Gasteiger partial charge in [0.1, 0.15) is 0 Å². The maximum Gasteiger partial charge on any atom is 0.0935 e. The summed E-state index contributed by atoms with van der Waals surface area (Å²) < 4.78 is 0. The fourth-order valence-corrected chi connectivity index (χ4v) is 4.74. The highest BCUT2D eigenvalue weighted by atomic mass is 16.3. The average molecular weight is 366 g/mol. The van der Waals surface area contributed by atoms with Crippen LogP contribution >= 0.6 is 0 Å². The van der Waals surface area contributed by atoms with Crippen LogP contribution in [0.1, 0.15) is 42.4 Å². The first-order valence-corrected chi connectivity index (χ1v) is 10.2. The second-order valence-electron chi connectivity index (χ2n) is 8.25. The molecular formula is C23H31N3O. The van der Waals surface area contributed by atoms with Crippen molar-refractivity contribution in [1.82, 2.24) is 9.88 Å². The summed E-state index contributed by atoms with van der Waals surface area (Å²) in [5, 5.41) is 11.0. The number of piperidine rings is 2. The molecule has 1 aromatic heterocycles. The Morgan fingerprint density at radius 2 is 1.74 bits per heavy atom. The van der Waals surface area contributed by atoms with Crippen LogP contribution in [0.2, 0.25) is 0 Å². The molecule has 0 spiro atoms. The van der Waals surface area contributed by atoms with E-state index in [1.165, 1.54) is 29.7 Å². The first-order chi connectivity index (χ1) is 13.1. The van der Waals surface area contributed by atoms with Crippen molar-refractivity contribution in [2.45, 2.75) is 51.2 Å². The number of hydrogen-bond donors (Lipinski definition) is 1. The minimum atomic E-state index is -0.704. The van der Waals surface area contributed by atoms with Crippen LogP contribution < -0.4 is 4.90 Å². The molecule has 0 saturated carbocycles. The molecule has 0 atom stereocenters. The summed E-state index contributed by atoms with van der Waals surface area (Å²) in [6, 6.07) is 11.2. The van der Waals surface area contributed by atoms with E-state index in [9.17, 15) is 5.11 Å². The summed E-state index contributed by atoms with van der Waals surface area (Å²) in [7, 11) is 0. The Balaban J connectivity index is 1.34. The van der Waals surface area contributed by atoms with Crippen molar-refractivity contribution >= 4 is 5.69 Å². The van der Waals surface area contributed by atoms with Gasteiger partial charge in [0.15, 0.2) is 0 Å². The lowest BCUT2D eigenvalue weighted by Gasteiger charge is -2.45. The van der Waals surface area contributed by atoms with Gasteiger partial charge in [-0.2, -0.15) is 0 Å². The van der Waals surface area contributed by atoms with Crippen LogP contribution in [0.5, 0.6) is 0 Å². The van der Waals surface area contributed by atoms with E-state index in [0.717, 1.165) is 44.6 Å². The molecule has 0 unspecified atom stereocenters. The highest BCUT2D eigenvalue weighted by molar-refractivity contribution is 5.56. The second-order valence-corrected chi connectivity index (χ2v) is 8.25. The molecule has 2 aliphatic rings. The van der Waals surface area contributed by atoms with Gasteiger partial charge >= 0.3 is 0 Å². The minimum absolute atomic E-state index is 0.643. The van der Waals surface area contributed by atoms with E-state index >= 15 is 0 Å². The van der Waals surface area contributed by atoms with Crippen molar-refractivity contribution in [3.05, 3.63) is 59.4 Å². The Kier molecular flexibility index (Phi) is 5.20. The number of benzene rings is 1. The molecule has 4 heteroatoms. The smallest absolute Gasteiger partial charge is 0.0935 e. The number of nitrogens with zero attached hydrogens (tertiary/aromatic N) is 3. The lowest BCUT2D eigenvalue weighted by Crippen LogP contribution is -2.50. The largest absolute Gasteiger partial charge is 0.385 e. The Morgan fingerprint density at radius 1 is 1.00 bits per heavy atom. The van der Waals surface area contributed by atoms with Crippen LogP contribution in [0.15, 0.2) is 42.7 Å². The Hall–Kier alpha value is -1.91. The quantitative estimate of drug-likeness (QED) is 0.901. The minimum Gasteiger partial charge on any atom is -0.385 e. The molecule has 3 heterocycles. The number of pyridine rings is 1. The van der Waals surface area contributed by atoms with Crippen molar-refractivity contribution in [1.29, 1.82) is 0 Å². The number of anilines is 1. The highest BCUT2D eigenvalue weighted by Gasteiger charge is 2.37. The number of likely N-dealkylation sites (tertiary alicyclic amines) is 1.